The van der Waals surface area contributed by atoms with Gasteiger partial charge in [-0.2, -0.15) is 0 Å². The summed E-state index contributed by atoms with van der Waals surface area (Å²) in [4.78, 5) is 7.23. The van der Waals surface area contributed by atoms with E-state index in [0.29, 0.717) is 0 Å². The zero-order valence-corrected chi connectivity index (χ0v) is 12.5. The Bertz CT molecular complexity index is 774. The van der Waals surface area contributed by atoms with E-state index in [9.17, 15) is 0 Å². The van der Waals surface area contributed by atoms with Gasteiger partial charge in [0.15, 0.2) is 10.8 Å². The summed E-state index contributed by atoms with van der Waals surface area (Å²) in [7, 11) is 0. The minimum absolute atomic E-state index is 0.788. The van der Waals surface area contributed by atoms with Gasteiger partial charge in [0.05, 0.1) is 5.39 Å². The van der Waals surface area contributed by atoms with Gasteiger partial charge >= 0.3 is 0 Å². The minimum Gasteiger partial charge on any atom is -0.260 e. The fourth-order valence-corrected chi connectivity index (χ4v) is 4.66. The third-order valence-electron chi connectivity index (χ3n) is 3.85. The van der Waals surface area contributed by atoms with Crippen molar-refractivity contribution in [1.29, 1.82) is 0 Å². The third-order valence-corrected chi connectivity index (χ3v) is 5.66. The van der Waals surface area contributed by atoms with E-state index >= 15 is 0 Å². The van der Waals surface area contributed by atoms with Gasteiger partial charge in [0.25, 0.3) is 0 Å². The zero-order chi connectivity index (χ0) is 13.0. The zero-order valence-electron chi connectivity index (χ0n) is 10.9. The van der Waals surface area contributed by atoms with Crippen LogP contribution in [0, 0.1) is 5.92 Å². The first-order valence-corrected chi connectivity index (χ1v) is 8.50. The van der Waals surface area contributed by atoms with Crippen LogP contribution < -0.4 is 0 Å². The Morgan fingerprint density at radius 3 is 3.16 bits per heavy atom. The number of aromatic nitrogens is 4. The minimum atomic E-state index is 0.788. The van der Waals surface area contributed by atoms with Crippen molar-refractivity contribution in [2.24, 2.45) is 5.92 Å². The van der Waals surface area contributed by atoms with E-state index in [1.807, 2.05) is 28.3 Å². The average Bonchev–Trinajstić information content (AvgIpc) is 2.97. The van der Waals surface area contributed by atoms with Gasteiger partial charge in [0, 0.05) is 4.88 Å². The van der Waals surface area contributed by atoms with Gasteiger partial charge in [-0.25, -0.2) is 4.98 Å². The second-order valence-corrected chi connectivity index (χ2v) is 7.01. The molecule has 0 spiro atoms. The molecule has 1 atom stereocenters. The molecule has 4 rings (SSSR count). The molecule has 3 heterocycles. The van der Waals surface area contributed by atoms with Gasteiger partial charge in [-0.3, -0.25) is 4.40 Å². The van der Waals surface area contributed by atoms with E-state index in [-0.39, 0.29) is 0 Å². The number of thioether (sulfide) groups is 1. The molecule has 0 bridgehead atoms. The van der Waals surface area contributed by atoms with E-state index in [2.05, 4.69) is 22.1 Å². The maximum absolute atomic E-state index is 4.61. The van der Waals surface area contributed by atoms with Crippen LogP contribution in [0.2, 0.25) is 0 Å². The Balaban J connectivity index is 2.07. The van der Waals surface area contributed by atoms with Crippen molar-refractivity contribution >= 4 is 39.0 Å². The summed E-state index contributed by atoms with van der Waals surface area (Å²) in [5.74, 6) is 0.788. The van der Waals surface area contributed by atoms with Crippen molar-refractivity contribution in [3.8, 4) is 0 Å². The van der Waals surface area contributed by atoms with Crippen molar-refractivity contribution in [2.75, 3.05) is 6.26 Å². The second-order valence-electron chi connectivity index (χ2n) is 5.16. The molecule has 19 heavy (non-hydrogen) atoms. The van der Waals surface area contributed by atoms with Crippen molar-refractivity contribution in [3.63, 3.8) is 0 Å². The lowest BCUT2D eigenvalue weighted by Crippen LogP contribution is -2.08. The van der Waals surface area contributed by atoms with Crippen molar-refractivity contribution in [3.05, 3.63) is 16.8 Å². The van der Waals surface area contributed by atoms with Crippen molar-refractivity contribution < 1.29 is 0 Å². The largest absolute Gasteiger partial charge is 0.260 e. The molecule has 0 saturated heterocycles. The van der Waals surface area contributed by atoms with Gasteiger partial charge in [0.2, 0.25) is 0 Å². The van der Waals surface area contributed by atoms with Gasteiger partial charge in [-0.15, -0.1) is 21.5 Å². The summed E-state index contributed by atoms with van der Waals surface area (Å²) in [5, 5.41) is 10.8. The topological polar surface area (TPSA) is 43.1 Å². The van der Waals surface area contributed by atoms with Crippen LogP contribution in [-0.4, -0.2) is 25.8 Å². The Kier molecular flexibility index (Phi) is 2.57. The van der Waals surface area contributed by atoms with Gasteiger partial charge in [-0.05, 0) is 37.0 Å². The Labute approximate surface area is 119 Å². The van der Waals surface area contributed by atoms with Crippen LogP contribution >= 0.6 is 23.1 Å². The fraction of sp³-hybridized carbons (Fsp3) is 0.462. The van der Waals surface area contributed by atoms with Crippen LogP contribution in [-0.2, 0) is 12.8 Å². The lowest BCUT2D eigenvalue weighted by molar-refractivity contribution is 0.509. The summed E-state index contributed by atoms with van der Waals surface area (Å²) >= 11 is 3.44. The van der Waals surface area contributed by atoms with Crippen LogP contribution in [0.1, 0.15) is 23.8 Å². The van der Waals surface area contributed by atoms with E-state index < -0.39 is 0 Å². The number of thiophene rings is 1. The van der Waals surface area contributed by atoms with E-state index in [0.717, 1.165) is 28.0 Å². The molecule has 3 aromatic heterocycles. The molecule has 3 aromatic rings. The van der Waals surface area contributed by atoms with E-state index in [1.165, 1.54) is 28.7 Å². The first kappa shape index (κ1) is 11.7. The first-order valence-electron chi connectivity index (χ1n) is 6.46. The summed E-state index contributed by atoms with van der Waals surface area (Å²) in [6, 6.07) is 0. The summed E-state index contributed by atoms with van der Waals surface area (Å²) in [6.07, 6.45) is 7.48. The molecule has 0 fully saturated rings. The summed E-state index contributed by atoms with van der Waals surface area (Å²) in [5.41, 5.74) is 2.44. The molecular weight excluding hydrogens is 276 g/mol. The maximum atomic E-state index is 4.61. The molecular formula is C13H14N4S2. The molecule has 98 valence electrons. The Morgan fingerprint density at radius 2 is 2.32 bits per heavy atom. The highest BCUT2D eigenvalue weighted by Crippen LogP contribution is 2.38. The molecule has 0 radical (unpaired) electrons. The summed E-state index contributed by atoms with van der Waals surface area (Å²) in [6.45, 7) is 2.33. The van der Waals surface area contributed by atoms with E-state index in [4.69, 9.17) is 0 Å². The number of aryl methyl sites for hydroxylation is 1. The molecule has 6 heteroatoms. The molecule has 0 amide bonds. The highest BCUT2D eigenvalue weighted by molar-refractivity contribution is 7.98. The lowest BCUT2D eigenvalue weighted by Gasteiger charge is -2.17. The molecule has 0 aromatic carbocycles. The normalized spacial score (nSPS) is 19.2. The predicted molar refractivity (Wildman–Crippen MR) is 79.1 cm³/mol. The molecule has 1 aliphatic carbocycles. The number of hydrogen-bond acceptors (Lipinski definition) is 5. The highest BCUT2D eigenvalue weighted by Gasteiger charge is 2.23. The smallest absolute Gasteiger partial charge is 0.196 e. The van der Waals surface area contributed by atoms with Crippen LogP contribution in [0.5, 0.6) is 0 Å². The van der Waals surface area contributed by atoms with Crippen molar-refractivity contribution in [1.82, 2.24) is 19.6 Å². The quantitative estimate of drug-likeness (QED) is 0.646. The lowest BCUT2D eigenvalue weighted by atomic mass is 9.89. The van der Waals surface area contributed by atoms with Crippen LogP contribution in [0.15, 0.2) is 11.5 Å². The maximum Gasteiger partial charge on any atom is 0.196 e. The predicted octanol–water partition coefficient (Wildman–Crippen LogP) is 3.19. The highest BCUT2D eigenvalue weighted by atomic mass is 32.2. The first-order chi connectivity index (χ1) is 9.28. The number of hydrogen-bond donors (Lipinski definition) is 0. The van der Waals surface area contributed by atoms with Crippen LogP contribution in [0.3, 0.4) is 0 Å². The molecule has 0 saturated carbocycles. The Morgan fingerprint density at radius 1 is 1.42 bits per heavy atom. The standard InChI is InChI=1S/C13H14N4S2/c1-7-3-4-8-9(5-7)19-12-10(8)11-15-16-13(18-2)17(11)6-14-12/h6-7H,3-5H2,1-2H3. The van der Waals surface area contributed by atoms with Crippen LogP contribution in [0.4, 0.5) is 0 Å². The molecule has 4 nitrogen and oxygen atoms in total. The van der Waals surface area contributed by atoms with Gasteiger partial charge < -0.3 is 0 Å². The van der Waals surface area contributed by atoms with Crippen LogP contribution in [0.25, 0.3) is 15.9 Å². The average molecular weight is 290 g/mol. The fourth-order valence-electron chi connectivity index (χ4n) is 2.86. The monoisotopic (exact) mass is 290 g/mol. The second kappa shape index (κ2) is 4.18. The number of rotatable bonds is 1. The molecule has 1 aliphatic rings. The molecule has 0 aliphatic heterocycles. The number of fused-ring (bicyclic) bond motifs is 5. The SMILES string of the molecule is CSc1nnc2c3c4c(sc3ncn12)CC(C)CC4. The van der Waals surface area contributed by atoms with Gasteiger partial charge in [-0.1, -0.05) is 18.7 Å². The molecule has 1 unspecified atom stereocenters. The summed E-state index contributed by atoms with van der Waals surface area (Å²) < 4.78 is 2.01. The van der Waals surface area contributed by atoms with Gasteiger partial charge in [0.1, 0.15) is 11.2 Å². The Hall–Kier alpha value is -1.14. The number of nitrogens with zero attached hydrogens (tertiary/aromatic N) is 4. The molecule has 0 N–H and O–H groups in total. The van der Waals surface area contributed by atoms with E-state index in [1.54, 1.807) is 11.8 Å². The third kappa shape index (κ3) is 1.63. The van der Waals surface area contributed by atoms with Crippen molar-refractivity contribution in [2.45, 2.75) is 31.3 Å².